The predicted octanol–water partition coefficient (Wildman–Crippen LogP) is 3.47. The van der Waals surface area contributed by atoms with E-state index < -0.39 is 0 Å². The van der Waals surface area contributed by atoms with Gasteiger partial charge in [-0.1, -0.05) is 11.6 Å². The summed E-state index contributed by atoms with van der Waals surface area (Å²) in [6, 6.07) is 4.40. The zero-order valence-corrected chi connectivity index (χ0v) is 9.79. The molecule has 0 bridgehead atoms. The maximum Gasteiger partial charge on any atom is 0.0931 e. The molecule has 0 fully saturated rings. The highest BCUT2D eigenvalue weighted by molar-refractivity contribution is 7.16. The average Bonchev–Trinajstić information content (AvgIpc) is 2.60. The van der Waals surface area contributed by atoms with Gasteiger partial charge in [0.2, 0.25) is 0 Å². The van der Waals surface area contributed by atoms with Gasteiger partial charge in [0.1, 0.15) is 0 Å². The molecule has 0 aliphatic rings. The lowest BCUT2D eigenvalue weighted by Crippen LogP contribution is -2.14. The summed E-state index contributed by atoms with van der Waals surface area (Å²) in [6.07, 6.45) is 8.17. The van der Waals surface area contributed by atoms with Crippen LogP contribution in [-0.4, -0.2) is 7.05 Å². The summed E-state index contributed by atoms with van der Waals surface area (Å²) in [5.74, 6) is 2.65. The van der Waals surface area contributed by atoms with Crippen LogP contribution < -0.4 is 5.32 Å². The number of hydrogen-bond acceptors (Lipinski definition) is 2. The maximum absolute atomic E-state index is 5.88. The third-order valence-corrected chi connectivity index (χ3v) is 3.44. The fraction of sp³-hybridized carbons (Fsp3) is 0.455. The Hall–Kier alpha value is -0.490. The van der Waals surface area contributed by atoms with Gasteiger partial charge in [-0.2, -0.15) is 0 Å². The summed E-state index contributed by atoms with van der Waals surface area (Å²) < 4.78 is 0.845. The molecule has 1 rings (SSSR count). The van der Waals surface area contributed by atoms with E-state index in [1.807, 2.05) is 13.1 Å². The number of thiophene rings is 1. The molecule has 0 radical (unpaired) electrons. The molecule has 14 heavy (non-hydrogen) atoms. The molecule has 0 aliphatic carbocycles. The molecular formula is C11H14ClNS. The summed E-state index contributed by atoms with van der Waals surface area (Å²) in [6.45, 7) is 0. The first-order valence-electron chi connectivity index (χ1n) is 4.64. The topological polar surface area (TPSA) is 12.0 Å². The van der Waals surface area contributed by atoms with Gasteiger partial charge in [0.05, 0.1) is 4.34 Å². The second kappa shape index (κ2) is 6.08. The lowest BCUT2D eigenvalue weighted by atomic mass is 10.1. The molecule has 1 aromatic rings. The molecule has 0 aliphatic heterocycles. The summed E-state index contributed by atoms with van der Waals surface area (Å²) in [4.78, 5) is 1.29. The fourth-order valence-corrected chi connectivity index (χ4v) is 2.56. The Morgan fingerprint density at radius 2 is 2.43 bits per heavy atom. The molecular weight excluding hydrogens is 214 g/mol. The number of halogens is 1. The second-order valence-electron chi connectivity index (χ2n) is 3.08. The molecule has 3 heteroatoms. The first-order chi connectivity index (χ1) is 6.77. The molecule has 0 amide bonds. The predicted molar refractivity (Wildman–Crippen MR) is 63.8 cm³/mol. The minimum atomic E-state index is 0.390. The fourth-order valence-electron chi connectivity index (χ4n) is 1.35. The van der Waals surface area contributed by atoms with Gasteiger partial charge >= 0.3 is 0 Å². The third-order valence-electron chi connectivity index (χ3n) is 2.10. The zero-order valence-electron chi connectivity index (χ0n) is 8.22. The van der Waals surface area contributed by atoms with Crippen molar-refractivity contribution in [3.8, 4) is 12.3 Å². The summed E-state index contributed by atoms with van der Waals surface area (Å²) in [7, 11) is 1.97. The Kier molecular flexibility index (Phi) is 5.03. The van der Waals surface area contributed by atoms with Gasteiger partial charge in [-0.3, -0.25) is 0 Å². The van der Waals surface area contributed by atoms with E-state index in [-0.39, 0.29) is 0 Å². The summed E-state index contributed by atoms with van der Waals surface area (Å²) in [5, 5.41) is 3.27. The summed E-state index contributed by atoms with van der Waals surface area (Å²) in [5.41, 5.74) is 0. The highest BCUT2D eigenvalue weighted by atomic mass is 35.5. The van der Waals surface area contributed by atoms with Crippen molar-refractivity contribution in [3.63, 3.8) is 0 Å². The van der Waals surface area contributed by atoms with Gasteiger partial charge in [0, 0.05) is 17.3 Å². The second-order valence-corrected chi connectivity index (χ2v) is 4.83. The van der Waals surface area contributed by atoms with Crippen molar-refractivity contribution in [2.75, 3.05) is 7.05 Å². The molecule has 0 aromatic carbocycles. The van der Waals surface area contributed by atoms with Gasteiger partial charge in [0.15, 0.2) is 0 Å². The van der Waals surface area contributed by atoms with Crippen molar-refractivity contribution in [2.45, 2.75) is 25.3 Å². The zero-order chi connectivity index (χ0) is 10.4. The number of hydrogen-bond donors (Lipinski definition) is 1. The minimum absolute atomic E-state index is 0.390. The lowest BCUT2D eigenvalue weighted by Gasteiger charge is -2.13. The lowest BCUT2D eigenvalue weighted by molar-refractivity contribution is 0.540. The van der Waals surface area contributed by atoms with E-state index in [1.54, 1.807) is 11.3 Å². The standard InChI is InChI=1S/C11H14ClNS/c1-3-4-5-6-9(13-2)10-7-8-11(12)14-10/h1,7-9,13H,4-6H2,2H3. The van der Waals surface area contributed by atoms with Crippen LogP contribution in [0.2, 0.25) is 4.34 Å². The quantitative estimate of drug-likeness (QED) is 0.600. The van der Waals surface area contributed by atoms with Crippen molar-refractivity contribution in [1.82, 2.24) is 5.32 Å². The van der Waals surface area contributed by atoms with E-state index >= 15 is 0 Å². The van der Waals surface area contributed by atoms with Gasteiger partial charge in [-0.25, -0.2) is 0 Å². The van der Waals surface area contributed by atoms with E-state index in [0.29, 0.717) is 6.04 Å². The third kappa shape index (κ3) is 3.34. The van der Waals surface area contributed by atoms with Crippen molar-refractivity contribution in [3.05, 3.63) is 21.3 Å². The van der Waals surface area contributed by atoms with Crippen LogP contribution in [-0.2, 0) is 0 Å². The van der Waals surface area contributed by atoms with E-state index in [4.69, 9.17) is 18.0 Å². The van der Waals surface area contributed by atoms with E-state index in [0.717, 1.165) is 23.6 Å². The van der Waals surface area contributed by atoms with Crippen molar-refractivity contribution in [2.24, 2.45) is 0 Å². The first-order valence-corrected chi connectivity index (χ1v) is 5.83. The Bertz CT molecular complexity index is 313. The smallest absolute Gasteiger partial charge is 0.0931 e. The molecule has 76 valence electrons. The maximum atomic E-state index is 5.88. The molecule has 0 saturated heterocycles. The van der Waals surface area contributed by atoms with Crippen LogP contribution in [0.5, 0.6) is 0 Å². The highest BCUT2D eigenvalue weighted by Gasteiger charge is 2.10. The molecule has 0 spiro atoms. The Balaban J connectivity index is 2.50. The van der Waals surface area contributed by atoms with Gasteiger partial charge in [-0.05, 0) is 32.0 Å². The van der Waals surface area contributed by atoms with Crippen LogP contribution in [0, 0.1) is 12.3 Å². The molecule has 1 N–H and O–H groups in total. The number of terminal acetylenes is 1. The Morgan fingerprint density at radius 1 is 1.64 bits per heavy atom. The van der Waals surface area contributed by atoms with Gasteiger partial charge in [0.25, 0.3) is 0 Å². The van der Waals surface area contributed by atoms with Crippen LogP contribution in [0.3, 0.4) is 0 Å². The molecule has 1 aromatic heterocycles. The molecule has 1 unspecified atom stereocenters. The van der Waals surface area contributed by atoms with Crippen molar-refractivity contribution < 1.29 is 0 Å². The number of unbranched alkanes of at least 4 members (excludes halogenated alkanes) is 1. The normalized spacial score (nSPS) is 12.4. The van der Waals surface area contributed by atoms with Crippen molar-refractivity contribution >= 4 is 22.9 Å². The van der Waals surface area contributed by atoms with Gasteiger partial charge < -0.3 is 5.32 Å². The van der Waals surface area contributed by atoms with E-state index in [2.05, 4.69) is 17.3 Å². The minimum Gasteiger partial charge on any atom is -0.312 e. The van der Waals surface area contributed by atoms with Crippen LogP contribution in [0.15, 0.2) is 12.1 Å². The van der Waals surface area contributed by atoms with Crippen LogP contribution in [0.25, 0.3) is 0 Å². The first kappa shape index (κ1) is 11.6. The highest BCUT2D eigenvalue weighted by Crippen LogP contribution is 2.29. The Labute approximate surface area is 94.5 Å². The average molecular weight is 228 g/mol. The molecule has 1 atom stereocenters. The van der Waals surface area contributed by atoms with Crippen LogP contribution in [0.1, 0.15) is 30.2 Å². The van der Waals surface area contributed by atoms with Crippen LogP contribution >= 0.6 is 22.9 Å². The monoisotopic (exact) mass is 227 g/mol. The molecule has 1 heterocycles. The Morgan fingerprint density at radius 3 is 2.93 bits per heavy atom. The van der Waals surface area contributed by atoms with Gasteiger partial charge in [-0.15, -0.1) is 23.7 Å². The summed E-state index contributed by atoms with van der Waals surface area (Å²) >= 11 is 7.51. The van der Waals surface area contributed by atoms with Crippen molar-refractivity contribution in [1.29, 1.82) is 0 Å². The number of rotatable bonds is 5. The largest absolute Gasteiger partial charge is 0.312 e. The van der Waals surface area contributed by atoms with Crippen LogP contribution in [0.4, 0.5) is 0 Å². The van der Waals surface area contributed by atoms with E-state index in [1.165, 1.54) is 4.88 Å². The SMILES string of the molecule is C#CCCCC(NC)c1ccc(Cl)s1. The van der Waals surface area contributed by atoms with E-state index in [9.17, 15) is 0 Å². The molecule has 1 nitrogen and oxygen atoms in total. The molecule has 0 saturated carbocycles. The number of nitrogens with one attached hydrogen (secondary N) is 1.